The SMILES string of the molecule is CC1(C(=O)N2CCC(N)C2)CCC1.Cl. The summed E-state index contributed by atoms with van der Waals surface area (Å²) in [5.74, 6) is 0.340. The fraction of sp³-hybridized carbons (Fsp3) is 0.900. The highest BCUT2D eigenvalue weighted by molar-refractivity contribution is 5.85. The van der Waals surface area contributed by atoms with E-state index in [9.17, 15) is 4.79 Å². The summed E-state index contributed by atoms with van der Waals surface area (Å²) in [6, 6.07) is 0.215. The van der Waals surface area contributed by atoms with Crippen LogP contribution in [-0.4, -0.2) is 29.9 Å². The third kappa shape index (κ3) is 1.89. The van der Waals surface area contributed by atoms with E-state index in [1.54, 1.807) is 0 Å². The van der Waals surface area contributed by atoms with Crippen LogP contribution >= 0.6 is 12.4 Å². The molecule has 0 spiro atoms. The maximum absolute atomic E-state index is 12.0. The summed E-state index contributed by atoms with van der Waals surface area (Å²) in [5.41, 5.74) is 5.73. The summed E-state index contributed by atoms with van der Waals surface area (Å²) in [4.78, 5) is 13.9. The van der Waals surface area contributed by atoms with Gasteiger partial charge in [-0.05, 0) is 19.3 Å². The normalized spacial score (nSPS) is 29.3. The van der Waals surface area contributed by atoms with Crippen LogP contribution in [0.4, 0.5) is 0 Å². The van der Waals surface area contributed by atoms with Gasteiger partial charge in [-0.2, -0.15) is 0 Å². The fourth-order valence-electron chi connectivity index (χ4n) is 2.27. The van der Waals surface area contributed by atoms with Gasteiger partial charge in [-0.25, -0.2) is 0 Å². The number of nitrogens with two attached hydrogens (primary N) is 1. The molecule has 0 aromatic carbocycles. The predicted octanol–water partition coefficient (Wildman–Crippen LogP) is 1.16. The Kier molecular flexibility index (Phi) is 3.43. The third-order valence-corrected chi connectivity index (χ3v) is 3.49. The molecule has 14 heavy (non-hydrogen) atoms. The second-order valence-electron chi connectivity index (χ2n) is 4.71. The van der Waals surface area contributed by atoms with E-state index in [2.05, 4.69) is 6.92 Å². The van der Waals surface area contributed by atoms with Gasteiger partial charge in [-0.15, -0.1) is 12.4 Å². The number of rotatable bonds is 1. The number of likely N-dealkylation sites (tertiary alicyclic amines) is 1. The maximum Gasteiger partial charge on any atom is 0.228 e. The molecule has 2 rings (SSSR count). The standard InChI is InChI=1S/C10H18N2O.ClH/c1-10(4-2-5-10)9(13)12-6-3-8(11)7-12;/h8H,2-7,11H2,1H3;1H. The Bertz CT molecular complexity index is 228. The molecule has 2 aliphatic rings. The summed E-state index contributed by atoms with van der Waals surface area (Å²) in [6.07, 6.45) is 4.32. The summed E-state index contributed by atoms with van der Waals surface area (Å²) >= 11 is 0. The molecule has 0 radical (unpaired) electrons. The van der Waals surface area contributed by atoms with Crippen molar-refractivity contribution in [1.82, 2.24) is 4.90 Å². The lowest BCUT2D eigenvalue weighted by Crippen LogP contribution is -2.45. The van der Waals surface area contributed by atoms with Crippen LogP contribution in [0.5, 0.6) is 0 Å². The summed E-state index contributed by atoms with van der Waals surface area (Å²) in [7, 11) is 0. The molecule has 1 unspecified atom stereocenters. The zero-order chi connectivity index (χ0) is 9.47. The van der Waals surface area contributed by atoms with Crippen molar-refractivity contribution >= 4 is 18.3 Å². The highest BCUT2D eigenvalue weighted by Gasteiger charge is 2.42. The maximum atomic E-state index is 12.0. The molecule has 1 heterocycles. The number of hydrogen-bond donors (Lipinski definition) is 1. The van der Waals surface area contributed by atoms with E-state index in [-0.39, 0.29) is 23.9 Å². The average Bonchev–Trinajstić information content (AvgIpc) is 2.46. The monoisotopic (exact) mass is 218 g/mol. The van der Waals surface area contributed by atoms with Crippen LogP contribution in [0.1, 0.15) is 32.6 Å². The number of carbonyl (C=O) groups excluding carboxylic acids is 1. The minimum atomic E-state index is -0.0376. The van der Waals surface area contributed by atoms with E-state index in [0.29, 0.717) is 5.91 Å². The molecule has 2 fully saturated rings. The van der Waals surface area contributed by atoms with Crippen LogP contribution in [0, 0.1) is 5.41 Å². The van der Waals surface area contributed by atoms with Crippen molar-refractivity contribution in [2.75, 3.05) is 13.1 Å². The van der Waals surface area contributed by atoms with Crippen LogP contribution in [-0.2, 0) is 4.79 Å². The van der Waals surface area contributed by atoms with Crippen molar-refractivity contribution in [1.29, 1.82) is 0 Å². The van der Waals surface area contributed by atoms with Crippen LogP contribution in [0.25, 0.3) is 0 Å². The molecule has 0 aromatic rings. The molecule has 4 heteroatoms. The van der Waals surface area contributed by atoms with E-state index in [1.807, 2.05) is 4.90 Å². The van der Waals surface area contributed by atoms with Gasteiger partial charge < -0.3 is 10.6 Å². The molecular formula is C10H19ClN2O. The first kappa shape index (κ1) is 11.8. The Morgan fingerprint density at radius 1 is 1.50 bits per heavy atom. The summed E-state index contributed by atoms with van der Waals surface area (Å²) in [6.45, 7) is 3.73. The zero-order valence-corrected chi connectivity index (χ0v) is 9.48. The van der Waals surface area contributed by atoms with Gasteiger partial charge in [0.1, 0.15) is 0 Å². The quantitative estimate of drug-likeness (QED) is 0.718. The summed E-state index contributed by atoms with van der Waals surface area (Å²) in [5, 5.41) is 0. The van der Waals surface area contributed by atoms with Crippen LogP contribution in [0.2, 0.25) is 0 Å². The Morgan fingerprint density at radius 3 is 2.50 bits per heavy atom. The topological polar surface area (TPSA) is 46.3 Å². The van der Waals surface area contributed by atoms with Gasteiger partial charge in [-0.1, -0.05) is 13.3 Å². The molecule has 0 bridgehead atoms. The molecular weight excluding hydrogens is 200 g/mol. The molecule has 0 aromatic heterocycles. The molecule has 1 atom stereocenters. The van der Waals surface area contributed by atoms with Crippen molar-refractivity contribution in [3.05, 3.63) is 0 Å². The molecule has 1 saturated heterocycles. The van der Waals surface area contributed by atoms with E-state index >= 15 is 0 Å². The van der Waals surface area contributed by atoms with Gasteiger partial charge in [0.2, 0.25) is 5.91 Å². The van der Waals surface area contributed by atoms with Crippen molar-refractivity contribution in [3.8, 4) is 0 Å². The number of amides is 1. The number of halogens is 1. The lowest BCUT2D eigenvalue weighted by atomic mass is 9.69. The fourth-order valence-corrected chi connectivity index (χ4v) is 2.27. The van der Waals surface area contributed by atoms with Gasteiger partial charge in [0.05, 0.1) is 0 Å². The smallest absolute Gasteiger partial charge is 0.228 e. The molecule has 1 saturated carbocycles. The lowest BCUT2D eigenvalue weighted by molar-refractivity contribution is -0.144. The Labute approximate surface area is 91.4 Å². The zero-order valence-electron chi connectivity index (χ0n) is 8.66. The van der Waals surface area contributed by atoms with Gasteiger partial charge in [0.15, 0.2) is 0 Å². The third-order valence-electron chi connectivity index (χ3n) is 3.49. The minimum Gasteiger partial charge on any atom is -0.341 e. The van der Waals surface area contributed by atoms with Crippen molar-refractivity contribution in [2.24, 2.45) is 11.1 Å². The van der Waals surface area contributed by atoms with Crippen molar-refractivity contribution in [3.63, 3.8) is 0 Å². The van der Waals surface area contributed by atoms with Crippen LogP contribution < -0.4 is 5.73 Å². The van der Waals surface area contributed by atoms with Gasteiger partial charge in [-0.3, -0.25) is 4.79 Å². The first-order chi connectivity index (χ1) is 6.12. The molecule has 82 valence electrons. The van der Waals surface area contributed by atoms with Crippen LogP contribution in [0.3, 0.4) is 0 Å². The average molecular weight is 219 g/mol. The first-order valence-electron chi connectivity index (χ1n) is 5.17. The number of nitrogens with zero attached hydrogens (tertiary/aromatic N) is 1. The lowest BCUT2D eigenvalue weighted by Gasteiger charge is -2.39. The Hall–Kier alpha value is -0.280. The molecule has 2 N–H and O–H groups in total. The highest BCUT2D eigenvalue weighted by atomic mass is 35.5. The Morgan fingerprint density at radius 2 is 2.14 bits per heavy atom. The minimum absolute atomic E-state index is 0. The largest absolute Gasteiger partial charge is 0.341 e. The first-order valence-corrected chi connectivity index (χ1v) is 5.17. The van der Waals surface area contributed by atoms with Crippen LogP contribution in [0.15, 0.2) is 0 Å². The molecule has 3 nitrogen and oxygen atoms in total. The van der Waals surface area contributed by atoms with Crippen molar-refractivity contribution in [2.45, 2.75) is 38.6 Å². The van der Waals surface area contributed by atoms with Gasteiger partial charge in [0, 0.05) is 24.5 Å². The van der Waals surface area contributed by atoms with E-state index in [1.165, 1.54) is 6.42 Å². The second kappa shape index (κ2) is 4.07. The Balaban J connectivity index is 0.000000980. The van der Waals surface area contributed by atoms with E-state index in [4.69, 9.17) is 5.73 Å². The van der Waals surface area contributed by atoms with E-state index in [0.717, 1.165) is 32.4 Å². The molecule has 1 amide bonds. The summed E-state index contributed by atoms with van der Waals surface area (Å²) < 4.78 is 0. The molecule has 1 aliphatic heterocycles. The van der Waals surface area contributed by atoms with E-state index < -0.39 is 0 Å². The van der Waals surface area contributed by atoms with Crippen molar-refractivity contribution < 1.29 is 4.79 Å². The number of hydrogen-bond acceptors (Lipinski definition) is 2. The highest BCUT2D eigenvalue weighted by Crippen LogP contribution is 2.42. The number of carbonyl (C=O) groups is 1. The van der Waals surface area contributed by atoms with Gasteiger partial charge in [0.25, 0.3) is 0 Å². The molecule has 1 aliphatic carbocycles. The van der Waals surface area contributed by atoms with Gasteiger partial charge >= 0.3 is 0 Å². The second-order valence-corrected chi connectivity index (χ2v) is 4.71. The predicted molar refractivity (Wildman–Crippen MR) is 58.4 cm³/mol.